The summed E-state index contributed by atoms with van der Waals surface area (Å²) in [5, 5.41) is 9.08. The second kappa shape index (κ2) is 4.41. The fourth-order valence-corrected chi connectivity index (χ4v) is 2.06. The Kier molecular flexibility index (Phi) is 3.62. The van der Waals surface area contributed by atoms with Gasteiger partial charge in [-0.1, -0.05) is 18.5 Å². The molecule has 2 rings (SSSR count). The molecule has 4 nitrogen and oxygen atoms in total. The number of nitrogens with zero attached hydrogens (tertiary/aromatic N) is 2. The predicted molar refractivity (Wildman–Crippen MR) is 58.9 cm³/mol. The van der Waals surface area contributed by atoms with Crippen LogP contribution >= 0.6 is 24.0 Å². The second-order valence-corrected chi connectivity index (χ2v) is 4.08. The van der Waals surface area contributed by atoms with E-state index in [0.717, 1.165) is 25.2 Å². The number of aromatic nitrogens is 2. The molecule has 1 aliphatic heterocycles. The lowest BCUT2D eigenvalue weighted by Gasteiger charge is -2.19. The summed E-state index contributed by atoms with van der Waals surface area (Å²) in [6.07, 6.45) is 1.84. The average molecular weight is 251 g/mol. The van der Waals surface area contributed by atoms with Crippen LogP contribution in [0.3, 0.4) is 0 Å². The fourth-order valence-electron chi connectivity index (χ4n) is 1.76. The van der Waals surface area contributed by atoms with Crippen molar-refractivity contribution in [1.29, 1.82) is 0 Å². The first-order valence-corrected chi connectivity index (χ1v) is 4.95. The third kappa shape index (κ3) is 2.11. The third-order valence-electron chi connectivity index (χ3n) is 2.56. The van der Waals surface area contributed by atoms with Crippen molar-refractivity contribution in [2.45, 2.75) is 26.3 Å². The Morgan fingerprint density at radius 3 is 2.93 bits per heavy atom. The Balaban J connectivity index is 0.00000112. The molecule has 0 aromatic carbocycles. The van der Waals surface area contributed by atoms with E-state index in [0.29, 0.717) is 5.92 Å². The van der Waals surface area contributed by atoms with Crippen molar-refractivity contribution in [3.05, 3.63) is 16.7 Å². The van der Waals surface area contributed by atoms with Gasteiger partial charge in [-0.2, -0.15) is 0 Å². The van der Waals surface area contributed by atoms with Gasteiger partial charge in [0.1, 0.15) is 11.0 Å². The molecule has 0 aliphatic carbocycles. The van der Waals surface area contributed by atoms with E-state index < -0.39 is 5.97 Å². The zero-order chi connectivity index (χ0) is 10.3. The molecule has 1 unspecified atom stereocenters. The van der Waals surface area contributed by atoms with Crippen LogP contribution in [0.2, 0.25) is 5.15 Å². The van der Waals surface area contributed by atoms with Gasteiger partial charge >= 0.3 is 5.97 Å². The molecule has 1 aromatic heterocycles. The van der Waals surface area contributed by atoms with Crippen molar-refractivity contribution < 1.29 is 9.90 Å². The molecule has 2 heterocycles. The van der Waals surface area contributed by atoms with Crippen molar-refractivity contribution in [2.24, 2.45) is 5.92 Å². The molecule has 0 radical (unpaired) electrons. The van der Waals surface area contributed by atoms with Gasteiger partial charge < -0.3 is 9.67 Å². The van der Waals surface area contributed by atoms with E-state index >= 15 is 0 Å². The van der Waals surface area contributed by atoms with E-state index in [4.69, 9.17) is 16.7 Å². The highest BCUT2D eigenvalue weighted by Crippen LogP contribution is 2.26. The van der Waals surface area contributed by atoms with Gasteiger partial charge in [0.15, 0.2) is 5.69 Å². The molecule has 0 bridgehead atoms. The Bertz CT molecular complexity index is 390. The van der Waals surface area contributed by atoms with Crippen LogP contribution in [0.1, 0.15) is 29.7 Å². The van der Waals surface area contributed by atoms with Crippen molar-refractivity contribution in [2.75, 3.05) is 0 Å². The number of rotatable bonds is 1. The maximum absolute atomic E-state index is 10.8. The third-order valence-corrected chi connectivity index (χ3v) is 2.95. The van der Waals surface area contributed by atoms with Crippen molar-refractivity contribution in [3.63, 3.8) is 0 Å². The van der Waals surface area contributed by atoms with Gasteiger partial charge in [0, 0.05) is 13.0 Å². The van der Waals surface area contributed by atoms with Crippen molar-refractivity contribution in [1.82, 2.24) is 9.55 Å². The minimum Gasteiger partial charge on any atom is -0.476 e. The molecule has 1 N–H and O–H groups in total. The lowest BCUT2D eigenvalue weighted by atomic mass is 10.0. The summed E-state index contributed by atoms with van der Waals surface area (Å²) in [4.78, 5) is 14.8. The van der Waals surface area contributed by atoms with Gasteiger partial charge in [0.05, 0.1) is 0 Å². The van der Waals surface area contributed by atoms with Crippen molar-refractivity contribution in [3.8, 4) is 0 Å². The van der Waals surface area contributed by atoms with E-state index in [1.54, 1.807) is 4.57 Å². The number of hydrogen-bond acceptors (Lipinski definition) is 2. The zero-order valence-corrected chi connectivity index (χ0v) is 9.81. The van der Waals surface area contributed by atoms with Crippen LogP contribution in [0.4, 0.5) is 0 Å². The number of carboxylic acids is 1. The van der Waals surface area contributed by atoms with Gasteiger partial charge in [-0.15, -0.1) is 12.4 Å². The first kappa shape index (κ1) is 12.3. The summed E-state index contributed by atoms with van der Waals surface area (Å²) in [6.45, 7) is 2.90. The van der Waals surface area contributed by atoms with Gasteiger partial charge in [-0.25, -0.2) is 9.78 Å². The Morgan fingerprint density at radius 1 is 1.67 bits per heavy atom. The SMILES string of the molecule is CC1CCn2c(nc(C(=O)O)c2Cl)C1.Cl. The predicted octanol–water partition coefficient (Wildman–Crippen LogP) is 2.24. The summed E-state index contributed by atoms with van der Waals surface area (Å²) >= 11 is 5.90. The molecule has 84 valence electrons. The summed E-state index contributed by atoms with van der Waals surface area (Å²) in [5.41, 5.74) is -0.0178. The standard InChI is InChI=1S/C9H11ClN2O2.ClH/c1-5-2-3-12-6(4-5)11-7(8(12)10)9(13)14;/h5H,2-4H2,1H3,(H,13,14);1H. The van der Waals surface area contributed by atoms with Gasteiger partial charge in [0.2, 0.25) is 0 Å². The number of fused-ring (bicyclic) bond motifs is 1. The number of aromatic carboxylic acids is 1. The number of hydrogen-bond donors (Lipinski definition) is 1. The molecule has 0 saturated carbocycles. The van der Waals surface area contributed by atoms with E-state index in [1.807, 2.05) is 0 Å². The summed E-state index contributed by atoms with van der Waals surface area (Å²) in [6, 6.07) is 0. The van der Waals surface area contributed by atoms with Crippen LogP contribution in [0, 0.1) is 5.92 Å². The fraction of sp³-hybridized carbons (Fsp3) is 0.556. The van der Waals surface area contributed by atoms with Crippen LogP contribution in [0.5, 0.6) is 0 Å². The smallest absolute Gasteiger partial charge is 0.357 e. The minimum atomic E-state index is -1.05. The molecular weight excluding hydrogens is 239 g/mol. The number of carbonyl (C=O) groups is 1. The maximum atomic E-state index is 10.8. The first-order valence-electron chi connectivity index (χ1n) is 4.57. The van der Waals surface area contributed by atoms with Crippen LogP contribution in [0.25, 0.3) is 0 Å². The molecule has 6 heteroatoms. The second-order valence-electron chi connectivity index (χ2n) is 3.72. The monoisotopic (exact) mass is 250 g/mol. The summed E-state index contributed by atoms with van der Waals surface area (Å²) in [5.74, 6) is 0.304. The molecule has 0 saturated heterocycles. The molecule has 0 fully saturated rings. The highest BCUT2D eigenvalue weighted by Gasteiger charge is 2.24. The highest BCUT2D eigenvalue weighted by atomic mass is 35.5. The van der Waals surface area contributed by atoms with E-state index in [2.05, 4.69) is 11.9 Å². The number of halogens is 2. The minimum absolute atomic E-state index is 0. The van der Waals surface area contributed by atoms with Crippen molar-refractivity contribution >= 4 is 30.0 Å². The Morgan fingerprint density at radius 2 is 2.33 bits per heavy atom. The van der Waals surface area contributed by atoms with Crippen LogP contribution in [-0.4, -0.2) is 20.6 Å². The molecule has 1 aliphatic rings. The number of carboxylic acid groups (broad SMARTS) is 1. The lowest BCUT2D eigenvalue weighted by molar-refractivity contribution is 0.0691. The Labute approximate surface area is 98.7 Å². The molecular formula is C9H12Cl2N2O2. The summed E-state index contributed by atoms with van der Waals surface area (Å²) in [7, 11) is 0. The molecule has 1 atom stereocenters. The lowest BCUT2D eigenvalue weighted by Crippen LogP contribution is -2.17. The van der Waals surface area contributed by atoms with Gasteiger partial charge in [-0.3, -0.25) is 0 Å². The molecule has 0 spiro atoms. The maximum Gasteiger partial charge on any atom is 0.357 e. The normalized spacial score (nSPS) is 19.2. The van der Waals surface area contributed by atoms with Gasteiger partial charge in [0.25, 0.3) is 0 Å². The molecule has 1 aromatic rings. The highest BCUT2D eigenvalue weighted by molar-refractivity contribution is 6.32. The van der Waals surface area contributed by atoms with Crippen LogP contribution in [-0.2, 0) is 13.0 Å². The zero-order valence-electron chi connectivity index (χ0n) is 8.23. The van der Waals surface area contributed by atoms with E-state index in [1.165, 1.54) is 0 Å². The molecule has 0 amide bonds. The quantitative estimate of drug-likeness (QED) is 0.832. The van der Waals surface area contributed by atoms with Crippen LogP contribution in [0.15, 0.2) is 0 Å². The Hall–Kier alpha value is -0.740. The van der Waals surface area contributed by atoms with Gasteiger partial charge in [-0.05, 0) is 12.3 Å². The first-order chi connectivity index (χ1) is 6.59. The molecule has 15 heavy (non-hydrogen) atoms. The average Bonchev–Trinajstić information content (AvgIpc) is 2.43. The number of imidazole rings is 1. The van der Waals surface area contributed by atoms with E-state index in [-0.39, 0.29) is 23.3 Å². The topological polar surface area (TPSA) is 55.1 Å². The van der Waals surface area contributed by atoms with E-state index in [9.17, 15) is 4.79 Å². The summed E-state index contributed by atoms with van der Waals surface area (Å²) < 4.78 is 1.80. The largest absolute Gasteiger partial charge is 0.476 e. The van der Waals surface area contributed by atoms with Crippen LogP contribution < -0.4 is 0 Å².